The van der Waals surface area contributed by atoms with Crippen molar-refractivity contribution in [3.8, 4) is 6.07 Å². The number of amides is 1. The highest BCUT2D eigenvalue weighted by molar-refractivity contribution is 7.99. The van der Waals surface area contributed by atoms with E-state index >= 15 is 0 Å². The van der Waals surface area contributed by atoms with Crippen LogP contribution in [0.5, 0.6) is 0 Å². The molecule has 1 fully saturated rings. The predicted molar refractivity (Wildman–Crippen MR) is 57.9 cm³/mol. The molecule has 0 spiro atoms. The van der Waals surface area contributed by atoms with Crippen LogP contribution in [-0.4, -0.2) is 24.0 Å². The summed E-state index contributed by atoms with van der Waals surface area (Å²) in [6, 6.07) is 2.09. The average Bonchev–Trinajstić information content (AvgIpc) is 2.98. The summed E-state index contributed by atoms with van der Waals surface area (Å²) >= 11 is 1.79. The molecule has 1 unspecified atom stereocenters. The van der Waals surface area contributed by atoms with Crippen LogP contribution in [0.15, 0.2) is 0 Å². The van der Waals surface area contributed by atoms with Gasteiger partial charge in [0, 0.05) is 11.8 Å². The van der Waals surface area contributed by atoms with Gasteiger partial charge in [-0.25, -0.2) is 0 Å². The van der Waals surface area contributed by atoms with Crippen molar-refractivity contribution in [1.29, 1.82) is 5.26 Å². The standard InChI is InChI=1S/C10H16N2OS/c1-8(14-2)3-6-12-9(13)10(7-11)4-5-10/h8H,3-6H2,1-2H3,(H,12,13). The largest absolute Gasteiger partial charge is 0.355 e. The van der Waals surface area contributed by atoms with Gasteiger partial charge < -0.3 is 5.32 Å². The van der Waals surface area contributed by atoms with Crippen molar-refractivity contribution < 1.29 is 4.79 Å². The molecule has 1 aliphatic rings. The summed E-state index contributed by atoms with van der Waals surface area (Å²) in [5.41, 5.74) is -0.664. The molecular formula is C10H16N2OS. The van der Waals surface area contributed by atoms with Gasteiger partial charge in [0.15, 0.2) is 0 Å². The lowest BCUT2D eigenvalue weighted by Gasteiger charge is -2.10. The molecule has 0 aromatic carbocycles. The molecule has 1 atom stereocenters. The van der Waals surface area contributed by atoms with Crippen LogP contribution in [0.25, 0.3) is 0 Å². The van der Waals surface area contributed by atoms with E-state index in [2.05, 4.69) is 24.6 Å². The highest BCUT2D eigenvalue weighted by Crippen LogP contribution is 2.44. The molecule has 0 aromatic heterocycles. The Morgan fingerprint density at radius 1 is 1.71 bits per heavy atom. The zero-order chi connectivity index (χ0) is 10.6. The summed E-state index contributed by atoms with van der Waals surface area (Å²) in [6.07, 6.45) is 4.49. The Labute approximate surface area is 89.2 Å². The van der Waals surface area contributed by atoms with Crippen LogP contribution in [0.4, 0.5) is 0 Å². The first kappa shape index (κ1) is 11.4. The first-order valence-electron chi connectivity index (χ1n) is 4.87. The molecule has 3 nitrogen and oxygen atoms in total. The Kier molecular flexibility index (Phi) is 3.82. The zero-order valence-corrected chi connectivity index (χ0v) is 9.49. The van der Waals surface area contributed by atoms with Crippen LogP contribution in [0, 0.1) is 16.7 Å². The third-order valence-electron chi connectivity index (χ3n) is 2.64. The van der Waals surface area contributed by atoms with Crippen LogP contribution >= 0.6 is 11.8 Å². The smallest absolute Gasteiger partial charge is 0.240 e. The molecule has 0 bridgehead atoms. The molecule has 78 valence electrons. The van der Waals surface area contributed by atoms with Crippen molar-refractivity contribution in [2.75, 3.05) is 12.8 Å². The number of nitriles is 1. The fraction of sp³-hybridized carbons (Fsp3) is 0.800. The van der Waals surface area contributed by atoms with Crippen molar-refractivity contribution in [2.45, 2.75) is 31.4 Å². The number of carbonyl (C=O) groups is 1. The summed E-state index contributed by atoms with van der Waals surface area (Å²) in [5, 5.41) is 12.2. The fourth-order valence-corrected chi connectivity index (χ4v) is 1.54. The number of thioether (sulfide) groups is 1. The van der Waals surface area contributed by atoms with E-state index in [1.165, 1.54) is 0 Å². The Bertz CT molecular complexity index is 255. The predicted octanol–water partition coefficient (Wildman–Crippen LogP) is 1.55. The minimum atomic E-state index is -0.664. The lowest BCUT2D eigenvalue weighted by molar-refractivity contribution is -0.124. The second kappa shape index (κ2) is 4.70. The quantitative estimate of drug-likeness (QED) is 0.752. The molecule has 4 heteroatoms. The lowest BCUT2D eigenvalue weighted by atomic mass is 10.1. The van der Waals surface area contributed by atoms with Crippen molar-refractivity contribution in [3.63, 3.8) is 0 Å². The summed E-state index contributed by atoms with van der Waals surface area (Å²) in [4.78, 5) is 11.5. The maximum Gasteiger partial charge on any atom is 0.240 e. The Hall–Kier alpha value is -0.690. The fourth-order valence-electron chi connectivity index (χ4n) is 1.19. The molecule has 1 saturated carbocycles. The van der Waals surface area contributed by atoms with E-state index in [9.17, 15) is 4.79 Å². The molecule has 1 rings (SSSR count). The summed E-state index contributed by atoms with van der Waals surface area (Å²) < 4.78 is 0. The highest BCUT2D eigenvalue weighted by atomic mass is 32.2. The number of carbonyl (C=O) groups excluding carboxylic acids is 1. The van der Waals surface area contributed by atoms with E-state index in [4.69, 9.17) is 5.26 Å². The van der Waals surface area contributed by atoms with Gasteiger partial charge in [-0.05, 0) is 25.5 Å². The number of nitrogens with one attached hydrogen (secondary N) is 1. The molecule has 0 aliphatic heterocycles. The monoisotopic (exact) mass is 212 g/mol. The Morgan fingerprint density at radius 3 is 2.79 bits per heavy atom. The number of hydrogen-bond acceptors (Lipinski definition) is 3. The van der Waals surface area contributed by atoms with Crippen molar-refractivity contribution in [2.24, 2.45) is 5.41 Å². The van der Waals surface area contributed by atoms with E-state index < -0.39 is 5.41 Å². The van der Waals surface area contributed by atoms with Crippen molar-refractivity contribution in [3.05, 3.63) is 0 Å². The van der Waals surface area contributed by atoms with Gasteiger partial charge in [-0.3, -0.25) is 4.79 Å². The minimum absolute atomic E-state index is 0.0756. The van der Waals surface area contributed by atoms with Crippen LogP contribution in [0.1, 0.15) is 26.2 Å². The second-order valence-electron chi connectivity index (χ2n) is 3.78. The maximum atomic E-state index is 11.5. The second-order valence-corrected chi connectivity index (χ2v) is 5.06. The number of rotatable bonds is 5. The van der Waals surface area contributed by atoms with Gasteiger partial charge in [-0.1, -0.05) is 6.92 Å². The van der Waals surface area contributed by atoms with E-state index in [0.29, 0.717) is 11.8 Å². The van der Waals surface area contributed by atoms with Gasteiger partial charge in [-0.15, -0.1) is 0 Å². The van der Waals surface area contributed by atoms with Crippen LogP contribution in [-0.2, 0) is 4.79 Å². The van der Waals surface area contributed by atoms with Crippen LogP contribution in [0.2, 0.25) is 0 Å². The topological polar surface area (TPSA) is 52.9 Å². The first-order valence-corrected chi connectivity index (χ1v) is 6.16. The van der Waals surface area contributed by atoms with Crippen LogP contribution in [0.3, 0.4) is 0 Å². The third kappa shape index (κ3) is 2.65. The molecule has 1 amide bonds. The van der Waals surface area contributed by atoms with Crippen molar-refractivity contribution in [1.82, 2.24) is 5.32 Å². The number of hydrogen-bond donors (Lipinski definition) is 1. The molecular weight excluding hydrogens is 196 g/mol. The van der Waals surface area contributed by atoms with E-state index in [1.54, 1.807) is 11.8 Å². The Morgan fingerprint density at radius 2 is 2.36 bits per heavy atom. The van der Waals surface area contributed by atoms with Crippen LogP contribution < -0.4 is 5.32 Å². The zero-order valence-electron chi connectivity index (χ0n) is 8.67. The molecule has 14 heavy (non-hydrogen) atoms. The molecule has 0 aromatic rings. The number of nitrogens with zero attached hydrogens (tertiary/aromatic N) is 1. The SMILES string of the molecule is CSC(C)CCNC(=O)C1(C#N)CC1. The van der Waals surface area contributed by atoms with Gasteiger partial charge in [0.2, 0.25) is 5.91 Å². The van der Waals surface area contributed by atoms with Gasteiger partial charge in [-0.2, -0.15) is 17.0 Å². The summed E-state index contributed by atoms with van der Waals surface area (Å²) in [6.45, 7) is 2.82. The first-order chi connectivity index (χ1) is 6.64. The van der Waals surface area contributed by atoms with E-state index in [1.807, 2.05) is 0 Å². The summed E-state index contributed by atoms with van der Waals surface area (Å²) in [5.74, 6) is -0.0756. The van der Waals surface area contributed by atoms with E-state index in [0.717, 1.165) is 19.3 Å². The highest BCUT2D eigenvalue weighted by Gasteiger charge is 2.50. The maximum absolute atomic E-state index is 11.5. The van der Waals surface area contributed by atoms with Gasteiger partial charge in [0.25, 0.3) is 0 Å². The van der Waals surface area contributed by atoms with Crippen molar-refractivity contribution >= 4 is 17.7 Å². The van der Waals surface area contributed by atoms with Gasteiger partial charge in [0.05, 0.1) is 6.07 Å². The minimum Gasteiger partial charge on any atom is -0.355 e. The molecule has 1 aliphatic carbocycles. The Balaban J connectivity index is 2.20. The molecule has 0 heterocycles. The van der Waals surface area contributed by atoms with Gasteiger partial charge in [0.1, 0.15) is 5.41 Å². The normalized spacial score (nSPS) is 19.5. The van der Waals surface area contributed by atoms with E-state index in [-0.39, 0.29) is 5.91 Å². The molecule has 1 N–H and O–H groups in total. The average molecular weight is 212 g/mol. The third-order valence-corrected chi connectivity index (χ3v) is 3.68. The lowest BCUT2D eigenvalue weighted by Crippen LogP contribution is -2.32. The molecule has 0 saturated heterocycles. The summed E-state index contributed by atoms with van der Waals surface area (Å²) in [7, 11) is 0. The van der Waals surface area contributed by atoms with Gasteiger partial charge >= 0.3 is 0 Å². The molecule has 0 radical (unpaired) electrons.